The molecule has 0 amide bonds. The van der Waals surface area contributed by atoms with Gasteiger partial charge in [-0.05, 0) is 37.8 Å². The van der Waals surface area contributed by atoms with Crippen LogP contribution in [-0.4, -0.2) is 14.5 Å². The molecule has 3 N–H and O–H groups in total. The normalized spacial score (nSPS) is 22.5. The van der Waals surface area contributed by atoms with Gasteiger partial charge in [0.1, 0.15) is 5.82 Å². The summed E-state index contributed by atoms with van der Waals surface area (Å²) in [6.07, 6.45) is 2.91. The van der Waals surface area contributed by atoms with Crippen LogP contribution >= 0.6 is 0 Å². The monoisotopic (exact) mass is 286 g/mol. The van der Waals surface area contributed by atoms with Crippen molar-refractivity contribution in [3.8, 4) is 0 Å². The minimum Gasteiger partial charge on any atom is -0.398 e. The van der Waals surface area contributed by atoms with E-state index in [1.165, 1.54) is 13.0 Å². The quantitative estimate of drug-likeness (QED) is 0.815. The maximum atomic E-state index is 13.5. The number of nitrogen functional groups attached to an aromatic ring is 1. The van der Waals surface area contributed by atoms with Gasteiger partial charge in [-0.3, -0.25) is 0 Å². The predicted octanol–water partition coefficient (Wildman–Crippen LogP) is 2.18. The summed E-state index contributed by atoms with van der Waals surface area (Å²) in [7, 11) is -3.68. The molecule has 0 spiro atoms. The summed E-state index contributed by atoms with van der Waals surface area (Å²) in [5.41, 5.74) is 6.03. The summed E-state index contributed by atoms with van der Waals surface area (Å²) in [6, 6.07) is 2.30. The fourth-order valence-electron chi connectivity index (χ4n) is 2.18. The van der Waals surface area contributed by atoms with Crippen LogP contribution < -0.4 is 10.5 Å². The first kappa shape index (κ1) is 14.3. The summed E-state index contributed by atoms with van der Waals surface area (Å²) in [6.45, 7) is 3.59. The van der Waals surface area contributed by atoms with E-state index in [9.17, 15) is 12.8 Å². The number of halogens is 1. The van der Waals surface area contributed by atoms with E-state index in [4.69, 9.17) is 5.73 Å². The van der Waals surface area contributed by atoms with E-state index in [0.29, 0.717) is 5.92 Å². The average Bonchev–Trinajstić information content (AvgIpc) is 3.03. The third-order valence-electron chi connectivity index (χ3n) is 3.56. The van der Waals surface area contributed by atoms with Crippen LogP contribution in [0.1, 0.15) is 31.7 Å². The molecule has 1 fully saturated rings. The van der Waals surface area contributed by atoms with Gasteiger partial charge in [-0.25, -0.2) is 17.5 Å². The number of hydrogen-bond acceptors (Lipinski definition) is 3. The molecule has 106 valence electrons. The van der Waals surface area contributed by atoms with Crippen molar-refractivity contribution in [1.29, 1.82) is 0 Å². The zero-order valence-corrected chi connectivity index (χ0v) is 11.9. The second-order valence-electron chi connectivity index (χ2n) is 5.13. The summed E-state index contributed by atoms with van der Waals surface area (Å²) < 4.78 is 40.4. The van der Waals surface area contributed by atoms with E-state index >= 15 is 0 Å². The van der Waals surface area contributed by atoms with Gasteiger partial charge in [0.05, 0.1) is 4.90 Å². The lowest BCUT2D eigenvalue weighted by molar-refractivity contribution is 0.569. The van der Waals surface area contributed by atoms with Crippen molar-refractivity contribution < 1.29 is 12.8 Å². The zero-order chi connectivity index (χ0) is 14.2. The summed E-state index contributed by atoms with van der Waals surface area (Å²) >= 11 is 0. The molecular weight excluding hydrogens is 267 g/mol. The van der Waals surface area contributed by atoms with Crippen LogP contribution in [0.25, 0.3) is 0 Å². The Balaban J connectivity index is 2.17. The summed E-state index contributed by atoms with van der Waals surface area (Å²) in [5, 5.41) is 0. The highest BCUT2D eigenvalue weighted by atomic mass is 32.2. The van der Waals surface area contributed by atoms with Gasteiger partial charge < -0.3 is 5.73 Å². The molecule has 1 aromatic carbocycles. The van der Waals surface area contributed by atoms with Crippen molar-refractivity contribution in [3.63, 3.8) is 0 Å². The molecule has 2 atom stereocenters. The molecule has 6 heteroatoms. The molecule has 2 rings (SSSR count). The van der Waals surface area contributed by atoms with Gasteiger partial charge >= 0.3 is 0 Å². The van der Waals surface area contributed by atoms with Gasteiger partial charge in [0.25, 0.3) is 0 Å². The Kier molecular flexibility index (Phi) is 3.82. The van der Waals surface area contributed by atoms with Crippen LogP contribution in [0.2, 0.25) is 0 Å². The van der Waals surface area contributed by atoms with E-state index in [-0.39, 0.29) is 22.2 Å². The van der Waals surface area contributed by atoms with Crippen molar-refractivity contribution >= 4 is 15.7 Å². The Morgan fingerprint density at radius 1 is 1.47 bits per heavy atom. The van der Waals surface area contributed by atoms with Gasteiger partial charge in [0.2, 0.25) is 10.0 Å². The maximum Gasteiger partial charge on any atom is 0.241 e. The van der Waals surface area contributed by atoms with E-state index < -0.39 is 15.8 Å². The van der Waals surface area contributed by atoms with Gasteiger partial charge in [-0.1, -0.05) is 13.3 Å². The van der Waals surface area contributed by atoms with E-state index in [1.54, 1.807) is 0 Å². The van der Waals surface area contributed by atoms with Gasteiger partial charge in [0.15, 0.2) is 0 Å². The molecule has 1 aliphatic rings. The Hall–Kier alpha value is -1.14. The highest BCUT2D eigenvalue weighted by molar-refractivity contribution is 7.89. The number of rotatable bonds is 5. The fraction of sp³-hybridized carbons (Fsp3) is 0.538. The summed E-state index contributed by atoms with van der Waals surface area (Å²) in [4.78, 5) is -0.102. The number of nitrogens with two attached hydrogens (primary N) is 1. The molecule has 19 heavy (non-hydrogen) atoms. The molecule has 0 radical (unpaired) electrons. The minimum absolute atomic E-state index is 0.0180. The first-order valence-electron chi connectivity index (χ1n) is 6.43. The standard InChI is InChI=1S/C13H19FN2O2S/c1-3-4-9-5-13(9)16-19(17,18)10-6-11(14)8(2)12(15)7-10/h6-7,9,13,16H,3-5,15H2,1-2H3. The molecule has 0 aliphatic heterocycles. The van der Waals surface area contributed by atoms with Crippen LogP contribution in [0.15, 0.2) is 17.0 Å². The Morgan fingerprint density at radius 3 is 2.74 bits per heavy atom. The third kappa shape index (κ3) is 3.06. The van der Waals surface area contributed by atoms with E-state index in [0.717, 1.165) is 25.3 Å². The lowest BCUT2D eigenvalue weighted by atomic mass is 10.2. The van der Waals surface area contributed by atoms with Crippen LogP contribution in [0.5, 0.6) is 0 Å². The first-order chi connectivity index (χ1) is 8.85. The molecule has 1 aliphatic carbocycles. The summed E-state index contributed by atoms with van der Waals surface area (Å²) in [5.74, 6) is -0.186. The second-order valence-corrected chi connectivity index (χ2v) is 6.85. The van der Waals surface area contributed by atoms with Crippen molar-refractivity contribution in [2.45, 2.75) is 44.0 Å². The highest BCUT2D eigenvalue weighted by Gasteiger charge is 2.39. The zero-order valence-electron chi connectivity index (χ0n) is 11.1. The minimum atomic E-state index is -3.68. The van der Waals surface area contributed by atoms with Gasteiger partial charge in [-0.15, -0.1) is 0 Å². The number of anilines is 1. The molecule has 0 heterocycles. The molecule has 1 saturated carbocycles. The first-order valence-corrected chi connectivity index (χ1v) is 7.91. The number of hydrogen-bond donors (Lipinski definition) is 2. The molecule has 0 aromatic heterocycles. The largest absolute Gasteiger partial charge is 0.398 e. The van der Waals surface area contributed by atoms with Gasteiger partial charge in [-0.2, -0.15) is 0 Å². The Bertz CT molecular complexity index is 563. The number of sulfonamides is 1. The molecule has 2 unspecified atom stereocenters. The van der Waals surface area contributed by atoms with Crippen molar-refractivity contribution in [2.24, 2.45) is 5.92 Å². The second kappa shape index (κ2) is 5.09. The van der Waals surface area contributed by atoms with Crippen LogP contribution in [0.3, 0.4) is 0 Å². The van der Waals surface area contributed by atoms with E-state index in [2.05, 4.69) is 11.6 Å². The Labute approximate surface area is 113 Å². The van der Waals surface area contributed by atoms with Crippen LogP contribution in [0.4, 0.5) is 10.1 Å². The van der Waals surface area contributed by atoms with Crippen molar-refractivity contribution in [3.05, 3.63) is 23.5 Å². The predicted molar refractivity (Wildman–Crippen MR) is 72.7 cm³/mol. The van der Waals surface area contributed by atoms with Crippen LogP contribution in [0, 0.1) is 18.7 Å². The highest BCUT2D eigenvalue weighted by Crippen LogP contribution is 2.36. The SMILES string of the molecule is CCCC1CC1NS(=O)(=O)c1cc(N)c(C)c(F)c1. The maximum absolute atomic E-state index is 13.5. The van der Waals surface area contributed by atoms with Gasteiger partial charge in [0, 0.05) is 17.3 Å². The molecule has 4 nitrogen and oxygen atoms in total. The number of nitrogens with one attached hydrogen (secondary N) is 1. The smallest absolute Gasteiger partial charge is 0.241 e. The van der Waals surface area contributed by atoms with Crippen molar-refractivity contribution in [1.82, 2.24) is 4.72 Å². The molecule has 1 aromatic rings. The lowest BCUT2D eigenvalue weighted by Crippen LogP contribution is -2.27. The average molecular weight is 286 g/mol. The topological polar surface area (TPSA) is 72.2 Å². The third-order valence-corrected chi connectivity index (χ3v) is 5.03. The number of benzene rings is 1. The van der Waals surface area contributed by atoms with E-state index in [1.807, 2.05) is 0 Å². The molecule has 0 saturated heterocycles. The Morgan fingerprint density at radius 2 is 2.16 bits per heavy atom. The fourth-order valence-corrected chi connectivity index (χ4v) is 3.54. The van der Waals surface area contributed by atoms with Crippen molar-refractivity contribution in [2.75, 3.05) is 5.73 Å². The molecular formula is C13H19FN2O2S. The molecule has 0 bridgehead atoms. The lowest BCUT2D eigenvalue weighted by Gasteiger charge is -2.09. The van der Waals surface area contributed by atoms with Crippen LogP contribution in [-0.2, 0) is 10.0 Å².